The van der Waals surface area contributed by atoms with Gasteiger partial charge in [0.05, 0.1) is 27.8 Å². The summed E-state index contributed by atoms with van der Waals surface area (Å²) in [4.78, 5) is 9.43. The van der Waals surface area contributed by atoms with E-state index < -0.39 is 16.5 Å². The molecular weight excluding hydrogens is 398 g/mol. The van der Waals surface area contributed by atoms with Gasteiger partial charge in [0.1, 0.15) is 0 Å². The van der Waals surface area contributed by atoms with E-state index in [0.717, 1.165) is 41.8 Å². The molecule has 1 aromatic carbocycles. The average Bonchev–Trinajstić information content (AvgIpc) is 3.19. The maximum atomic E-state index is 13.0. The topological polar surface area (TPSA) is 45.8 Å². The van der Waals surface area contributed by atoms with E-state index in [1.54, 1.807) is 11.3 Å². The molecule has 0 spiro atoms. The molecule has 2 heterocycles. The Bertz CT molecular complexity index is 965. The van der Waals surface area contributed by atoms with Crippen LogP contribution in [0, 0.1) is 6.57 Å². The summed E-state index contributed by atoms with van der Waals surface area (Å²) in [5.41, 5.74) is 3.53. The summed E-state index contributed by atoms with van der Waals surface area (Å²) in [7, 11) is -1.19. The quantitative estimate of drug-likeness (QED) is 0.544. The van der Waals surface area contributed by atoms with Crippen molar-refractivity contribution in [1.29, 1.82) is 0 Å². The number of nitrogens with zero attached hydrogens (tertiary/aromatic N) is 2. The van der Waals surface area contributed by atoms with Crippen LogP contribution in [0.4, 0.5) is 5.69 Å². The van der Waals surface area contributed by atoms with Crippen LogP contribution in [0.3, 0.4) is 0 Å². The van der Waals surface area contributed by atoms with Gasteiger partial charge in [0.15, 0.2) is 5.69 Å². The van der Waals surface area contributed by atoms with Crippen molar-refractivity contribution in [3.05, 3.63) is 52.0 Å². The van der Waals surface area contributed by atoms with Crippen molar-refractivity contribution in [2.75, 3.05) is 6.54 Å². The van der Waals surface area contributed by atoms with Gasteiger partial charge in [0.25, 0.3) is 0 Å². The van der Waals surface area contributed by atoms with Gasteiger partial charge < -0.3 is 0 Å². The van der Waals surface area contributed by atoms with Crippen LogP contribution in [0.25, 0.3) is 16.0 Å². The van der Waals surface area contributed by atoms with E-state index in [1.807, 2.05) is 45.0 Å². The zero-order valence-electron chi connectivity index (χ0n) is 17.6. The maximum Gasteiger partial charge on any atom is 0.187 e. The predicted molar refractivity (Wildman–Crippen MR) is 125 cm³/mol. The number of nitrogens with one attached hydrogen (secondary N) is 1. The Hall–Kier alpha value is -1.81. The zero-order valence-corrected chi connectivity index (χ0v) is 19.3. The molecule has 154 valence electrons. The Morgan fingerprint density at radius 1 is 1.21 bits per heavy atom. The fraction of sp³-hybridized carbons (Fsp3) is 0.478. The molecule has 4 nitrogen and oxygen atoms in total. The first kappa shape index (κ1) is 21.9. The summed E-state index contributed by atoms with van der Waals surface area (Å²) in [6.45, 7) is 16.3. The van der Waals surface area contributed by atoms with E-state index in [9.17, 15) is 4.21 Å². The fourth-order valence-corrected chi connectivity index (χ4v) is 5.37. The molecule has 2 atom stereocenters. The minimum Gasteiger partial charge on any atom is -0.294 e. The lowest BCUT2D eigenvalue weighted by Crippen LogP contribution is -2.47. The first-order chi connectivity index (χ1) is 13.7. The highest BCUT2D eigenvalue weighted by molar-refractivity contribution is 7.84. The summed E-state index contributed by atoms with van der Waals surface area (Å²) in [5.74, 6) is 0. The molecular formula is C23H29N3OS2. The predicted octanol–water partition coefficient (Wildman–Crippen LogP) is 6.25. The van der Waals surface area contributed by atoms with Crippen molar-refractivity contribution in [3.63, 3.8) is 0 Å². The SMILES string of the molecule is [C-]#[N+]c1cccc(-c2csc([C@](C)(CC3=NCCCC3)NS(=O)C(C)(C)C)c2)c1. The molecule has 0 radical (unpaired) electrons. The van der Waals surface area contributed by atoms with Crippen LogP contribution in [-0.4, -0.2) is 21.2 Å². The molecule has 29 heavy (non-hydrogen) atoms. The third kappa shape index (κ3) is 5.42. The number of aliphatic imine (C=N–C) groups is 1. The second-order valence-corrected chi connectivity index (χ2v) is 11.6. The molecule has 1 N–H and O–H groups in total. The summed E-state index contributed by atoms with van der Waals surface area (Å²) in [5, 5.41) is 2.13. The third-order valence-corrected chi connectivity index (χ3v) is 8.03. The van der Waals surface area contributed by atoms with Crippen molar-refractivity contribution in [3.8, 4) is 11.1 Å². The van der Waals surface area contributed by atoms with Gasteiger partial charge in [-0.1, -0.05) is 18.2 Å². The van der Waals surface area contributed by atoms with Gasteiger partial charge in [0.2, 0.25) is 0 Å². The molecule has 0 aliphatic carbocycles. The lowest BCUT2D eigenvalue weighted by molar-refractivity contribution is 0.461. The average molecular weight is 428 g/mol. The monoisotopic (exact) mass is 427 g/mol. The molecule has 0 fully saturated rings. The van der Waals surface area contributed by atoms with E-state index in [2.05, 4.69) is 27.9 Å². The van der Waals surface area contributed by atoms with Gasteiger partial charge in [-0.2, -0.15) is 0 Å². The van der Waals surface area contributed by atoms with E-state index in [0.29, 0.717) is 5.69 Å². The maximum absolute atomic E-state index is 13.0. The smallest absolute Gasteiger partial charge is 0.187 e. The second kappa shape index (κ2) is 8.91. The Kier molecular flexibility index (Phi) is 6.72. The Morgan fingerprint density at radius 3 is 2.66 bits per heavy atom. The van der Waals surface area contributed by atoms with Gasteiger partial charge in [-0.15, -0.1) is 11.3 Å². The molecule has 1 aliphatic rings. The summed E-state index contributed by atoms with van der Waals surface area (Å²) >= 11 is 1.68. The number of hydrogen-bond acceptors (Lipinski definition) is 3. The van der Waals surface area contributed by atoms with Crippen LogP contribution in [0.2, 0.25) is 0 Å². The van der Waals surface area contributed by atoms with Gasteiger partial charge in [-0.3, -0.25) is 4.99 Å². The Morgan fingerprint density at radius 2 is 2.00 bits per heavy atom. The van der Waals surface area contributed by atoms with E-state index in [-0.39, 0.29) is 4.75 Å². The molecule has 1 unspecified atom stereocenters. The minimum absolute atomic E-state index is 0.348. The molecule has 0 bridgehead atoms. The Labute approximate surface area is 180 Å². The zero-order chi connectivity index (χ0) is 21.1. The summed E-state index contributed by atoms with van der Waals surface area (Å²) < 4.78 is 16.1. The van der Waals surface area contributed by atoms with Gasteiger partial charge >= 0.3 is 0 Å². The van der Waals surface area contributed by atoms with E-state index in [4.69, 9.17) is 11.6 Å². The highest BCUT2D eigenvalue weighted by atomic mass is 32.2. The van der Waals surface area contributed by atoms with Gasteiger partial charge in [-0.25, -0.2) is 13.8 Å². The van der Waals surface area contributed by atoms with Crippen molar-refractivity contribution in [2.24, 2.45) is 4.99 Å². The largest absolute Gasteiger partial charge is 0.294 e. The number of rotatable bonds is 6. The summed E-state index contributed by atoms with van der Waals surface area (Å²) in [6.07, 6.45) is 4.11. The van der Waals surface area contributed by atoms with Gasteiger partial charge in [-0.05, 0) is 75.6 Å². The first-order valence-electron chi connectivity index (χ1n) is 10.00. The van der Waals surface area contributed by atoms with Crippen LogP contribution < -0.4 is 4.72 Å². The highest BCUT2D eigenvalue weighted by Crippen LogP contribution is 2.37. The molecule has 0 saturated heterocycles. The third-order valence-electron chi connectivity index (χ3n) is 5.09. The van der Waals surface area contributed by atoms with Crippen LogP contribution in [0.5, 0.6) is 0 Å². The molecule has 1 aromatic heterocycles. The first-order valence-corrected chi connectivity index (χ1v) is 12.0. The number of hydrogen-bond donors (Lipinski definition) is 1. The highest BCUT2D eigenvalue weighted by Gasteiger charge is 2.35. The van der Waals surface area contributed by atoms with E-state index >= 15 is 0 Å². The van der Waals surface area contributed by atoms with Crippen molar-refractivity contribution < 1.29 is 4.21 Å². The normalized spacial score (nSPS) is 17.8. The number of benzene rings is 1. The molecule has 0 amide bonds. The molecule has 0 saturated carbocycles. The molecule has 6 heteroatoms. The van der Waals surface area contributed by atoms with Crippen LogP contribution >= 0.6 is 11.3 Å². The van der Waals surface area contributed by atoms with Crippen molar-refractivity contribution in [1.82, 2.24) is 4.72 Å². The fourth-order valence-electron chi connectivity index (χ4n) is 3.37. The minimum atomic E-state index is -1.19. The van der Waals surface area contributed by atoms with Crippen LogP contribution in [0.1, 0.15) is 58.3 Å². The molecule has 2 aromatic rings. The van der Waals surface area contributed by atoms with Crippen LogP contribution in [0.15, 0.2) is 40.7 Å². The molecule has 3 rings (SSSR count). The van der Waals surface area contributed by atoms with Crippen molar-refractivity contribution in [2.45, 2.75) is 63.7 Å². The lowest BCUT2D eigenvalue weighted by Gasteiger charge is -2.33. The van der Waals surface area contributed by atoms with Crippen LogP contribution in [-0.2, 0) is 16.5 Å². The second-order valence-electron chi connectivity index (χ2n) is 8.76. The Balaban J connectivity index is 1.95. The van der Waals surface area contributed by atoms with Crippen molar-refractivity contribution >= 4 is 33.7 Å². The molecule has 1 aliphatic heterocycles. The summed E-state index contributed by atoms with van der Waals surface area (Å²) in [6, 6.07) is 9.86. The standard InChI is InChI=1S/C23H29N3OS2/c1-22(2,3)29(27)26-23(4,15-20-10-6-7-12-25-20)21-14-18(16-28-21)17-9-8-11-19(13-17)24-5/h8-9,11,13-14,16,26H,6-7,10,12,15H2,1-4H3/t23-,29?/m0/s1. The number of thiophene rings is 1. The lowest BCUT2D eigenvalue weighted by atomic mass is 9.90. The van der Waals surface area contributed by atoms with Gasteiger partial charge in [0, 0.05) is 23.6 Å². The van der Waals surface area contributed by atoms with E-state index in [1.165, 1.54) is 12.1 Å².